The number of anilines is 1. The summed E-state index contributed by atoms with van der Waals surface area (Å²) >= 11 is 5.74. The molecule has 0 saturated carbocycles. The van der Waals surface area contributed by atoms with E-state index >= 15 is 0 Å². The first-order chi connectivity index (χ1) is 8.60. The van der Waals surface area contributed by atoms with Gasteiger partial charge >= 0.3 is 0 Å². The molecule has 106 valence electrons. The fraction of sp³-hybridized carbons (Fsp3) is 0.462. The molecule has 0 spiro atoms. The minimum absolute atomic E-state index is 0.0837. The second-order valence-corrected chi connectivity index (χ2v) is 5.76. The maximum atomic E-state index is 13.6. The molecule has 0 aliphatic heterocycles. The van der Waals surface area contributed by atoms with E-state index in [-0.39, 0.29) is 16.6 Å². The van der Waals surface area contributed by atoms with Crippen LogP contribution in [-0.2, 0) is 4.79 Å². The number of carbonyl (C=O) groups excluding carboxylic acids is 1. The van der Waals surface area contributed by atoms with Gasteiger partial charge in [0.2, 0.25) is 5.91 Å². The molecule has 1 aromatic rings. The first-order valence-electron chi connectivity index (χ1n) is 5.83. The van der Waals surface area contributed by atoms with Crippen molar-refractivity contribution in [2.45, 2.75) is 39.3 Å². The maximum absolute atomic E-state index is 13.6. The molecule has 2 N–H and O–H groups in total. The van der Waals surface area contributed by atoms with E-state index in [2.05, 4.69) is 10.6 Å². The second-order valence-electron chi connectivity index (χ2n) is 5.35. The molecule has 0 aliphatic rings. The van der Waals surface area contributed by atoms with Gasteiger partial charge in [0.05, 0.1) is 10.7 Å². The molecule has 6 heteroatoms. The van der Waals surface area contributed by atoms with Gasteiger partial charge in [0.25, 0.3) is 0 Å². The minimum Gasteiger partial charge on any atom is -0.370 e. The van der Waals surface area contributed by atoms with E-state index in [1.807, 2.05) is 20.8 Å². The van der Waals surface area contributed by atoms with E-state index < -0.39 is 23.2 Å². The van der Waals surface area contributed by atoms with Crippen LogP contribution in [0.25, 0.3) is 0 Å². The number of nitrogens with one attached hydrogen (secondary N) is 2. The van der Waals surface area contributed by atoms with Crippen LogP contribution in [0, 0.1) is 11.6 Å². The third-order valence-corrected chi connectivity index (χ3v) is 2.56. The molecule has 1 aromatic carbocycles. The van der Waals surface area contributed by atoms with E-state index in [0.717, 1.165) is 6.07 Å². The van der Waals surface area contributed by atoms with E-state index in [1.165, 1.54) is 0 Å². The topological polar surface area (TPSA) is 41.1 Å². The van der Waals surface area contributed by atoms with Crippen LogP contribution in [-0.4, -0.2) is 17.5 Å². The van der Waals surface area contributed by atoms with Crippen molar-refractivity contribution < 1.29 is 13.6 Å². The van der Waals surface area contributed by atoms with Gasteiger partial charge in [-0.1, -0.05) is 11.6 Å². The zero-order valence-corrected chi connectivity index (χ0v) is 12.0. The molecule has 0 radical (unpaired) electrons. The Hall–Kier alpha value is -1.36. The van der Waals surface area contributed by atoms with Gasteiger partial charge in [-0.3, -0.25) is 4.79 Å². The zero-order valence-electron chi connectivity index (χ0n) is 11.3. The van der Waals surface area contributed by atoms with Crippen molar-refractivity contribution in [3.8, 4) is 0 Å². The molecule has 19 heavy (non-hydrogen) atoms. The van der Waals surface area contributed by atoms with Crippen LogP contribution in [0.5, 0.6) is 0 Å². The van der Waals surface area contributed by atoms with Crippen molar-refractivity contribution in [1.82, 2.24) is 5.32 Å². The maximum Gasteiger partial charge on any atom is 0.242 e. The van der Waals surface area contributed by atoms with Crippen LogP contribution in [0.2, 0.25) is 5.02 Å². The first-order valence-corrected chi connectivity index (χ1v) is 6.21. The lowest BCUT2D eigenvalue weighted by atomic mass is 10.1. The summed E-state index contributed by atoms with van der Waals surface area (Å²) < 4.78 is 26.4. The molecule has 1 rings (SSSR count). The van der Waals surface area contributed by atoms with Crippen LogP contribution in [0.15, 0.2) is 12.1 Å². The number of amides is 1. The smallest absolute Gasteiger partial charge is 0.242 e. The predicted octanol–water partition coefficient (Wildman–Crippen LogP) is 3.33. The van der Waals surface area contributed by atoms with E-state index in [0.29, 0.717) is 6.07 Å². The van der Waals surface area contributed by atoms with Crippen LogP contribution in [0.3, 0.4) is 0 Å². The van der Waals surface area contributed by atoms with Gasteiger partial charge in [0.1, 0.15) is 11.9 Å². The van der Waals surface area contributed by atoms with Crippen LogP contribution in [0.1, 0.15) is 27.7 Å². The average molecular weight is 291 g/mol. The van der Waals surface area contributed by atoms with Gasteiger partial charge < -0.3 is 10.6 Å². The molecule has 0 bridgehead atoms. The van der Waals surface area contributed by atoms with Crippen molar-refractivity contribution in [3.63, 3.8) is 0 Å². The standard InChI is InChI=1S/C13H17ClF2N2O/c1-7(12(19)18-13(2,3)4)17-11-9(14)5-8(15)6-10(11)16/h5-7,17H,1-4H3,(H,18,19). The van der Waals surface area contributed by atoms with Crippen molar-refractivity contribution >= 4 is 23.2 Å². The number of carbonyl (C=O) groups is 1. The number of benzene rings is 1. The van der Waals surface area contributed by atoms with Gasteiger partial charge in [-0.25, -0.2) is 8.78 Å². The molecule has 0 aromatic heterocycles. The van der Waals surface area contributed by atoms with Gasteiger partial charge in [-0.2, -0.15) is 0 Å². The fourth-order valence-corrected chi connectivity index (χ4v) is 1.69. The lowest BCUT2D eigenvalue weighted by Gasteiger charge is -2.24. The minimum atomic E-state index is -0.833. The molecule has 0 fully saturated rings. The second kappa shape index (κ2) is 5.74. The van der Waals surface area contributed by atoms with Crippen molar-refractivity contribution in [1.29, 1.82) is 0 Å². The Balaban J connectivity index is 2.83. The molecule has 1 unspecified atom stereocenters. The van der Waals surface area contributed by atoms with Crippen molar-refractivity contribution in [2.75, 3.05) is 5.32 Å². The highest BCUT2D eigenvalue weighted by atomic mass is 35.5. The van der Waals surface area contributed by atoms with Gasteiger partial charge in [0, 0.05) is 11.6 Å². The van der Waals surface area contributed by atoms with Gasteiger partial charge in [-0.15, -0.1) is 0 Å². The van der Waals surface area contributed by atoms with Crippen LogP contribution >= 0.6 is 11.6 Å². The number of rotatable bonds is 3. The summed E-state index contributed by atoms with van der Waals surface area (Å²) in [4.78, 5) is 11.8. The number of hydrogen-bond donors (Lipinski definition) is 2. The summed E-state index contributed by atoms with van der Waals surface area (Å²) in [6.07, 6.45) is 0. The van der Waals surface area contributed by atoms with Gasteiger partial charge in [-0.05, 0) is 33.8 Å². The third-order valence-electron chi connectivity index (χ3n) is 2.26. The monoisotopic (exact) mass is 290 g/mol. The third kappa shape index (κ3) is 4.67. The first kappa shape index (κ1) is 15.7. The summed E-state index contributed by atoms with van der Waals surface area (Å²) in [5, 5.41) is 5.29. The highest BCUT2D eigenvalue weighted by Crippen LogP contribution is 2.27. The summed E-state index contributed by atoms with van der Waals surface area (Å²) in [6, 6.07) is 1.00. The van der Waals surface area contributed by atoms with E-state index in [9.17, 15) is 13.6 Å². The summed E-state index contributed by atoms with van der Waals surface area (Å²) in [7, 11) is 0. The van der Waals surface area contributed by atoms with Crippen molar-refractivity contribution in [2.24, 2.45) is 0 Å². The van der Waals surface area contributed by atoms with Crippen molar-refractivity contribution in [3.05, 3.63) is 28.8 Å². The molecule has 1 atom stereocenters. The van der Waals surface area contributed by atoms with Crippen LogP contribution < -0.4 is 10.6 Å². The summed E-state index contributed by atoms with van der Waals surface area (Å²) in [5.74, 6) is -1.90. The Morgan fingerprint density at radius 1 is 1.32 bits per heavy atom. The Morgan fingerprint density at radius 2 is 1.89 bits per heavy atom. The quantitative estimate of drug-likeness (QED) is 0.896. The lowest BCUT2D eigenvalue weighted by molar-refractivity contribution is -0.122. The SMILES string of the molecule is CC(Nc1c(F)cc(F)cc1Cl)C(=O)NC(C)(C)C. The highest BCUT2D eigenvalue weighted by molar-refractivity contribution is 6.33. The molecule has 3 nitrogen and oxygen atoms in total. The molecule has 0 saturated heterocycles. The molecule has 0 aliphatic carbocycles. The fourth-order valence-electron chi connectivity index (χ4n) is 1.44. The summed E-state index contributed by atoms with van der Waals surface area (Å²) in [5.41, 5.74) is -0.474. The van der Waals surface area contributed by atoms with E-state index in [1.54, 1.807) is 6.92 Å². The number of hydrogen-bond acceptors (Lipinski definition) is 2. The number of halogens is 3. The molecular formula is C13H17ClF2N2O. The normalized spacial score (nSPS) is 13.0. The lowest BCUT2D eigenvalue weighted by Crippen LogP contribution is -2.47. The Bertz CT molecular complexity index is 463. The Kier molecular flexibility index (Phi) is 4.74. The molecular weight excluding hydrogens is 274 g/mol. The zero-order chi connectivity index (χ0) is 14.8. The van der Waals surface area contributed by atoms with Gasteiger partial charge in [0.15, 0.2) is 5.82 Å². The summed E-state index contributed by atoms with van der Waals surface area (Å²) in [6.45, 7) is 7.08. The Morgan fingerprint density at radius 3 is 2.37 bits per heavy atom. The average Bonchev–Trinajstić information content (AvgIpc) is 2.20. The Labute approximate surface area is 116 Å². The molecule has 1 amide bonds. The predicted molar refractivity (Wildman–Crippen MR) is 72.3 cm³/mol. The van der Waals surface area contributed by atoms with Crippen LogP contribution in [0.4, 0.5) is 14.5 Å². The highest BCUT2D eigenvalue weighted by Gasteiger charge is 2.21. The molecule has 0 heterocycles. The largest absolute Gasteiger partial charge is 0.370 e. The van der Waals surface area contributed by atoms with E-state index in [4.69, 9.17) is 11.6 Å².